The number of para-hydroxylation sites is 1. The van der Waals surface area contributed by atoms with Crippen LogP contribution in [0.2, 0.25) is 0 Å². The van der Waals surface area contributed by atoms with Crippen molar-refractivity contribution in [2.75, 3.05) is 13.2 Å². The third-order valence-corrected chi connectivity index (χ3v) is 1.99. The maximum absolute atomic E-state index is 11.8. The molecule has 0 aliphatic carbocycles. The predicted molar refractivity (Wildman–Crippen MR) is 55.4 cm³/mol. The summed E-state index contributed by atoms with van der Waals surface area (Å²) in [5.74, 6) is 0. The molecule has 4 nitrogen and oxygen atoms in total. The molecule has 0 heterocycles. The van der Waals surface area contributed by atoms with Crippen molar-refractivity contribution in [3.63, 3.8) is 0 Å². The molecule has 1 aromatic rings. The van der Waals surface area contributed by atoms with Crippen molar-refractivity contribution in [3.8, 4) is 0 Å². The van der Waals surface area contributed by atoms with E-state index in [2.05, 4.69) is 5.32 Å². The summed E-state index contributed by atoms with van der Waals surface area (Å²) >= 11 is 0. The quantitative estimate of drug-likeness (QED) is 0.446. The summed E-state index contributed by atoms with van der Waals surface area (Å²) in [7, 11) is 0. The maximum Gasteiger partial charge on any atom is 0.273 e. The average Bonchev–Trinajstić information content (AvgIpc) is 2.25. The van der Waals surface area contributed by atoms with Crippen LogP contribution in [0.25, 0.3) is 0 Å². The molecule has 0 spiro atoms. The SMILES string of the molecule is O=[N+]([O-])c1ccccc1CNCCCF. The van der Waals surface area contributed by atoms with Gasteiger partial charge < -0.3 is 5.32 Å². The second-order valence-corrected chi connectivity index (χ2v) is 3.11. The normalized spacial score (nSPS) is 10.2. The van der Waals surface area contributed by atoms with Gasteiger partial charge in [-0.05, 0) is 13.0 Å². The van der Waals surface area contributed by atoms with Crippen molar-refractivity contribution in [1.82, 2.24) is 5.32 Å². The predicted octanol–water partition coefficient (Wildman–Crippen LogP) is 2.04. The van der Waals surface area contributed by atoms with Crippen molar-refractivity contribution in [3.05, 3.63) is 39.9 Å². The van der Waals surface area contributed by atoms with E-state index in [-0.39, 0.29) is 12.4 Å². The number of rotatable bonds is 6. The number of nitrogens with zero attached hydrogens (tertiary/aromatic N) is 1. The molecule has 0 aliphatic heterocycles. The van der Waals surface area contributed by atoms with Crippen molar-refractivity contribution in [2.24, 2.45) is 0 Å². The van der Waals surface area contributed by atoms with Crippen LogP contribution in [0.4, 0.5) is 10.1 Å². The Kier molecular flexibility index (Phi) is 4.70. The fourth-order valence-corrected chi connectivity index (χ4v) is 1.25. The molecule has 1 aromatic carbocycles. The fourth-order valence-electron chi connectivity index (χ4n) is 1.25. The number of nitro groups is 1. The summed E-state index contributed by atoms with van der Waals surface area (Å²) in [5, 5.41) is 13.6. The van der Waals surface area contributed by atoms with Gasteiger partial charge >= 0.3 is 0 Å². The molecule has 0 radical (unpaired) electrons. The molecule has 0 aromatic heterocycles. The molecule has 0 unspecified atom stereocenters. The van der Waals surface area contributed by atoms with Gasteiger partial charge in [-0.2, -0.15) is 0 Å². The highest BCUT2D eigenvalue weighted by Crippen LogP contribution is 2.16. The second kappa shape index (κ2) is 6.08. The minimum atomic E-state index is -0.411. The number of halogens is 1. The highest BCUT2D eigenvalue weighted by molar-refractivity contribution is 5.39. The van der Waals surface area contributed by atoms with Gasteiger partial charge in [-0.1, -0.05) is 18.2 Å². The molecule has 0 atom stereocenters. The minimum Gasteiger partial charge on any atom is -0.312 e. The summed E-state index contributed by atoms with van der Waals surface area (Å²) in [6.07, 6.45) is 0.431. The molecule has 0 bridgehead atoms. The molecule has 5 heteroatoms. The van der Waals surface area contributed by atoms with Gasteiger partial charge in [0.25, 0.3) is 5.69 Å². The van der Waals surface area contributed by atoms with E-state index in [1.165, 1.54) is 6.07 Å². The maximum atomic E-state index is 11.8. The third-order valence-electron chi connectivity index (χ3n) is 1.99. The Balaban J connectivity index is 2.56. The van der Waals surface area contributed by atoms with Gasteiger partial charge in [-0.25, -0.2) is 0 Å². The van der Waals surface area contributed by atoms with E-state index in [9.17, 15) is 14.5 Å². The Labute approximate surface area is 87.3 Å². The Morgan fingerprint density at radius 2 is 2.13 bits per heavy atom. The Morgan fingerprint density at radius 3 is 2.80 bits per heavy atom. The zero-order chi connectivity index (χ0) is 11.1. The molecule has 1 rings (SSSR count). The lowest BCUT2D eigenvalue weighted by atomic mass is 10.2. The smallest absolute Gasteiger partial charge is 0.273 e. The molecule has 15 heavy (non-hydrogen) atoms. The zero-order valence-corrected chi connectivity index (χ0v) is 8.28. The van der Waals surface area contributed by atoms with E-state index in [4.69, 9.17) is 0 Å². The Hall–Kier alpha value is -1.49. The topological polar surface area (TPSA) is 55.2 Å². The van der Waals surface area contributed by atoms with E-state index in [0.717, 1.165) is 0 Å². The largest absolute Gasteiger partial charge is 0.312 e. The van der Waals surface area contributed by atoms with Crippen LogP contribution in [-0.2, 0) is 6.54 Å². The highest BCUT2D eigenvalue weighted by Gasteiger charge is 2.10. The van der Waals surface area contributed by atoms with Crippen LogP contribution >= 0.6 is 0 Å². The lowest BCUT2D eigenvalue weighted by Gasteiger charge is -2.03. The van der Waals surface area contributed by atoms with Crippen molar-refractivity contribution >= 4 is 5.69 Å². The van der Waals surface area contributed by atoms with Crippen LogP contribution in [0.5, 0.6) is 0 Å². The Morgan fingerprint density at radius 1 is 1.40 bits per heavy atom. The first kappa shape index (κ1) is 11.6. The first-order chi connectivity index (χ1) is 7.25. The summed E-state index contributed by atoms with van der Waals surface area (Å²) in [6.45, 7) is 0.559. The van der Waals surface area contributed by atoms with Crippen LogP contribution in [0.15, 0.2) is 24.3 Å². The summed E-state index contributed by atoms with van der Waals surface area (Å²) < 4.78 is 11.8. The molecule has 0 fully saturated rings. The molecule has 0 saturated heterocycles. The lowest BCUT2D eigenvalue weighted by Crippen LogP contribution is -2.16. The highest BCUT2D eigenvalue weighted by atomic mass is 19.1. The van der Waals surface area contributed by atoms with E-state index in [1.807, 2.05) is 0 Å². The molecule has 0 saturated carbocycles. The number of hydrogen-bond donors (Lipinski definition) is 1. The van der Waals surface area contributed by atoms with Crippen LogP contribution in [0, 0.1) is 10.1 Å². The summed E-state index contributed by atoms with van der Waals surface area (Å²) in [4.78, 5) is 10.2. The van der Waals surface area contributed by atoms with Gasteiger partial charge in [0.05, 0.1) is 11.6 Å². The lowest BCUT2D eigenvalue weighted by molar-refractivity contribution is -0.385. The van der Waals surface area contributed by atoms with Crippen LogP contribution < -0.4 is 5.32 Å². The molecule has 1 N–H and O–H groups in total. The van der Waals surface area contributed by atoms with Crippen molar-refractivity contribution in [2.45, 2.75) is 13.0 Å². The van der Waals surface area contributed by atoms with E-state index >= 15 is 0 Å². The second-order valence-electron chi connectivity index (χ2n) is 3.11. The minimum absolute atomic E-state index is 0.102. The number of alkyl halides is 1. The number of hydrogen-bond acceptors (Lipinski definition) is 3. The van der Waals surface area contributed by atoms with E-state index in [0.29, 0.717) is 25.1 Å². The van der Waals surface area contributed by atoms with E-state index in [1.54, 1.807) is 18.2 Å². The first-order valence-corrected chi connectivity index (χ1v) is 4.74. The number of nitro benzene ring substituents is 1. The van der Waals surface area contributed by atoms with Crippen molar-refractivity contribution in [1.29, 1.82) is 0 Å². The number of benzene rings is 1. The van der Waals surface area contributed by atoms with Gasteiger partial charge in [0.2, 0.25) is 0 Å². The molecular weight excluding hydrogens is 199 g/mol. The van der Waals surface area contributed by atoms with Gasteiger partial charge in [-0.15, -0.1) is 0 Å². The fraction of sp³-hybridized carbons (Fsp3) is 0.400. The molecular formula is C10H13FN2O2. The van der Waals surface area contributed by atoms with Crippen LogP contribution in [-0.4, -0.2) is 18.1 Å². The summed E-state index contributed by atoms with van der Waals surface area (Å²) in [6, 6.07) is 6.54. The average molecular weight is 212 g/mol. The standard InChI is InChI=1S/C10H13FN2O2/c11-6-3-7-12-8-9-4-1-2-5-10(9)13(14)15/h1-2,4-5,12H,3,6-8H2. The van der Waals surface area contributed by atoms with Gasteiger partial charge in [0.1, 0.15) is 0 Å². The van der Waals surface area contributed by atoms with Gasteiger partial charge in [0.15, 0.2) is 0 Å². The van der Waals surface area contributed by atoms with E-state index < -0.39 is 4.92 Å². The first-order valence-electron chi connectivity index (χ1n) is 4.74. The summed E-state index contributed by atoms with van der Waals surface area (Å²) in [5.41, 5.74) is 0.728. The Bertz CT molecular complexity index is 331. The van der Waals surface area contributed by atoms with Gasteiger partial charge in [-0.3, -0.25) is 14.5 Å². The molecule has 82 valence electrons. The van der Waals surface area contributed by atoms with Crippen molar-refractivity contribution < 1.29 is 9.31 Å². The third kappa shape index (κ3) is 3.63. The van der Waals surface area contributed by atoms with Crippen LogP contribution in [0.3, 0.4) is 0 Å². The van der Waals surface area contributed by atoms with Crippen LogP contribution in [0.1, 0.15) is 12.0 Å². The molecule has 0 aliphatic rings. The number of nitrogens with one attached hydrogen (secondary N) is 1. The monoisotopic (exact) mass is 212 g/mol. The van der Waals surface area contributed by atoms with Gasteiger partial charge in [0, 0.05) is 18.2 Å². The zero-order valence-electron chi connectivity index (χ0n) is 8.28. The molecule has 0 amide bonds.